The van der Waals surface area contributed by atoms with Crippen molar-refractivity contribution in [2.24, 2.45) is 5.92 Å². The molecule has 1 aliphatic rings. The summed E-state index contributed by atoms with van der Waals surface area (Å²) >= 11 is 0. The second-order valence-corrected chi connectivity index (χ2v) is 6.35. The van der Waals surface area contributed by atoms with Crippen molar-refractivity contribution < 1.29 is 18.8 Å². The number of hydrogen-bond acceptors (Lipinski definition) is 4. The fourth-order valence-electron chi connectivity index (χ4n) is 2.99. The highest BCUT2D eigenvalue weighted by Crippen LogP contribution is 2.22. The van der Waals surface area contributed by atoms with Crippen LogP contribution in [0.1, 0.15) is 23.2 Å². The predicted molar refractivity (Wildman–Crippen MR) is 100 cm³/mol. The van der Waals surface area contributed by atoms with Gasteiger partial charge in [0.1, 0.15) is 6.26 Å². The SMILES string of the molecule is CNC(=O)Nc1ccc(NC(=O)C2CCN(C(=O)c3ccoc3)CC2)cc1. The number of urea groups is 1. The molecule has 2 aromatic rings. The molecule has 3 N–H and O–H groups in total. The summed E-state index contributed by atoms with van der Waals surface area (Å²) in [5, 5.41) is 8.02. The van der Waals surface area contributed by atoms with Crippen LogP contribution in [0.2, 0.25) is 0 Å². The summed E-state index contributed by atoms with van der Waals surface area (Å²) in [5.41, 5.74) is 1.83. The van der Waals surface area contributed by atoms with Gasteiger partial charge in [0, 0.05) is 37.4 Å². The molecule has 3 rings (SSSR count). The maximum atomic E-state index is 12.5. The minimum absolute atomic E-state index is 0.0579. The molecule has 142 valence electrons. The standard InChI is InChI=1S/C19H22N4O4/c1-20-19(26)22-16-4-2-15(3-5-16)21-17(24)13-6-9-23(10-7-13)18(25)14-8-11-27-12-14/h2-5,8,11-13H,6-7,9-10H2,1H3,(H,21,24)(H2,20,22,26). The largest absolute Gasteiger partial charge is 0.472 e. The Morgan fingerprint density at radius 2 is 1.63 bits per heavy atom. The number of likely N-dealkylation sites (tertiary alicyclic amines) is 1. The van der Waals surface area contributed by atoms with Crippen molar-refractivity contribution in [2.45, 2.75) is 12.8 Å². The van der Waals surface area contributed by atoms with Crippen LogP contribution in [0.4, 0.5) is 16.2 Å². The summed E-state index contributed by atoms with van der Waals surface area (Å²) in [6.07, 6.45) is 4.14. The fourth-order valence-corrected chi connectivity index (χ4v) is 2.99. The number of anilines is 2. The van der Waals surface area contributed by atoms with Gasteiger partial charge in [-0.05, 0) is 43.2 Å². The second-order valence-electron chi connectivity index (χ2n) is 6.35. The highest BCUT2D eigenvalue weighted by Gasteiger charge is 2.28. The van der Waals surface area contributed by atoms with Crippen LogP contribution in [-0.2, 0) is 4.79 Å². The van der Waals surface area contributed by atoms with Gasteiger partial charge >= 0.3 is 6.03 Å². The van der Waals surface area contributed by atoms with Gasteiger partial charge in [-0.25, -0.2) is 4.79 Å². The van der Waals surface area contributed by atoms with Crippen LogP contribution in [0.5, 0.6) is 0 Å². The molecule has 0 unspecified atom stereocenters. The van der Waals surface area contributed by atoms with E-state index < -0.39 is 0 Å². The molecular weight excluding hydrogens is 348 g/mol. The number of piperidine rings is 1. The molecule has 2 heterocycles. The molecule has 0 saturated carbocycles. The quantitative estimate of drug-likeness (QED) is 0.769. The molecule has 4 amide bonds. The summed E-state index contributed by atoms with van der Waals surface area (Å²) in [6.45, 7) is 1.08. The Kier molecular flexibility index (Phi) is 5.75. The smallest absolute Gasteiger partial charge is 0.318 e. The molecule has 1 aromatic carbocycles. The van der Waals surface area contributed by atoms with Crippen molar-refractivity contribution in [1.82, 2.24) is 10.2 Å². The molecule has 27 heavy (non-hydrogen) atoms. The average Bonchev–Trinajstić information content (AvgIpc) is 3.23. The first-order valence-corrected chi connectivity index (χ1v) is 8.78. The van der Waals surface area contributed by atoms with Crippen LogP contribution in [0.15, 0.2) is 47.3 Å². The highest BCUT2D eigenvalue weighted by atomic mass is 16.3. The van der Waals surface area contributed by atoms with Gasteiger partial charge in [0.25, 0.3) is 5.91 Å². The lowest BCUT2D eigenvalue weighted by Gasteiger charge is -2.31. The molecule has 1 fully saturated rings. The molecule has 1 saturated heterocycles. The lowest BCUT2D eigenvalue weighted by Crippen LogP contribution is -2.41. The van der Waals surface area contributed by atoms with Gasteiger partial charge in [-0.1, -0.05) is 0 Å². The van der Waals surface area contributed by atoms with Crippen molar-refractivity contribution in [1.29, 1.82) is 0 Å². The zero-order valence-corrected chi connectivity index (χ0v) is 15.0. The minimum Gasteiger partial charge on any atom is -0.472 e. The topological polar surface area (TPSA) is 104 Å². The van der Waals surface area contributed by atoms with E-state index in [0.717, 1.165) is 0 Å². The molecule has 1 aliphatic heterocycles. The maximum Gasteiger partial charge on any atom is 0.318 e. The van der Waals surface area contributed by atoms with Gasteiger partial charge in [0.2, 0.25) is 5.91 Å². The summed E-state index contributed by atoms with van der Waals surface area (Å²) in [7, 11) is 1.54. The number of amides is 4. The second kappa shape index (κ2) is 8.39. The number of furan rings is 1. The molecular formula is C19H22N4O4. The molecule has 1 aromatic heterocycles. The first-order chi connectivity index (χ1) is 13.1. The Balaban J connectivity index is 1.49. The molecule has 8 heteroatoms. The highest BCUT2D eigenvalue weighted by molar-refractivity contribution is 5.95. The van der Waals surface area contributed by atoms with Gasteiger partial charge in [0.15, 0.2) is 0 Å². The number of benzene rings is 1. The normalized spacial score (nSPS) is 14.5. The van der Waals surface area contributed by atoms with E-state index in [1.807, 2.05) is 0 Å². The molecule has 0 atom stereocenters. The Morgan fingerprint density at radius 1 is 1.00 bits per heavy atom. The van der Waals surface area contributed by atoms with Crippen LogP contribution in [0.3, 0.4) is 0 Å². The number of rotatable bonds is 4. The third kappa shape index (κ3) is 4.66. The molecule has 8 nitrogen and oxygen atoms in total. The number of hydrogen-bond donors (Lipinski definition) is 3. The third-order valence-electron chi connectivity index (χ3n) is 4.56. The van der Waals surface area contributed by atoms with E-state index in [1.54, 1.807) is 35.2 Å². The van der Waals surface area contributed by atoms with Crippen molar-refractivity contribution in [3.8, 4) is 0 Å². The maximum absolute atomic E-state index is 12.5. The van der Waals surface area contributed by atoms with Gasteiger partial charge in [-0.15, -0.1) is 0 Å². The number of nitrogens with one attached hydrogen (secondary N) is 3. The summed E-state index contributed by atoms with van der Waals surface area (Å²) in [5.74, 6) is -0.263. The fraction of sp³-hybridized carbons (Fsp3) is 0.316. The van der Waals surface area contributed by atoms with Crippen molar-refractivity contribution >= 4 is 29.2 Å². The van der Waals surface area contributed by atoms with E-state index in [4.69, 9.17) is 4.42 Å². The van der Waals surface area contributed by atoms with Crippen molar-refractivity contribution in [3.63, 3.8) is 0 Å². The van der Waals surface area contributed by atoms with E-state index >= 15 is 0 Å². The molecule has 0 radical (unpaired) electrons. The van der Waals surface area contributed by atoms with Crippen LogP contribution >= 0.6 is 0 Å². The molecule has 0 aliphatic carbocycles. The van der Waals surface area contributed by atoms with Crippen molar-refractivity contribution in [2.75, 3.05) is 30.8 Å². The lowest BCUT2D eigenvalue weighted by molar-refractivity contribution is -0.121. The lowest BCUT2D eigenvalue weighted by atomic mass is 9.95. The van der Waals surface area contributed by atoms with Crippen LogP contribution < -0.4 is 16.0 Å². The summed E-state index contributed by atoms with van der Waals surface area (Å²) < 4.78 is 4.95. The summed E-state index contributed by atoms with van der Waals surface area (Å²) in [6, 6.07) is 8.25. The Labute approximate surface area is 156 Å². The van der Waals surface area contributed by atoms with E-state index in [2.05, 4.69) is 16.0 Å². The Morgan fingerprint density at radius 3 is 2.19 bits per heavy atom. The van der Waals surface area contributed by atoms with Crippen LogP contribution in [0.25, 0.3) is 0 Å². The first kappa shape index (κ1) is 18.5. The van der Waals surface area contributed by atoms with E-state index in [0.29, 0.717) is 42.9 Å². The molecule has 0 bridgehead atoms. The minimum atomic E-state index is -0.302. The van der Waals surface area contributed by atoms with Gasteiger partial charge in [-0.2, -0.15) is 0 Å². The first-order valence-electron chi connectivity index (χ1n) is 8.78. The molecule has 0 spiro atoms. The van der Waals surface area contributed by atoms with E-state index in [-0.39, 0.29) is 23.8 Å². The Bertz CT molecular complexity index is 794. The van der Waals surface area contributed by atoms with Gasteiger partial charge < -0.3 is 25.3 Å². The van der Waals surface area contributed by atoms with Crippen LogP contribution in [0, 0.1) is 5.92 Å². The number of carbonyl (C=O) groups is 3. The predicted octanol–water partition coefficient (Wildman–Crippen LogP) is 2.52. The van der Waals surface area contributed by atoms with E-state index in [1.165, 1.54) is 19.6 Å². The Hall–Kier alpha value is -3.29. The zero-order chi connectivity index (χ0) is 19.2. The van der Waals surface area contributed by atoms with Crippen molar-refractivity contribution in [3.05, 3.63) is 48.4 Å². The number of carbonyl (C=O) groups excluding carboxylic acids is 3. The summed E-state index contributed by atoms with van der Waals surface area (Å²) in [4.78, 5) is 37.8. The third-order valence-corrected chi connectivity index (χ3v) is 4.56. The van der Waals surface area contributed by atoms with E-state index in [9.17, 15) is 14.4 Å². The van der Waals surface area contributed by atoms with Gasteiger partial charge in [0.05, 0.1) is 11.8 Å². The average molecular weight is 370 g/mol. The van der Waals surface area contributed by atoms with Gasteiger partial charge in [-0.3, -0.25) is 9.59 Å². The monoisotopic (exact) mass is 370 g/mol. The number of nitrogens with zero attached hydrogens (tertiary/aromatic N) is 1. The zero-order valence-electron chi connectivity index (χ0n) is 15.0. The van der Waals surface area contributed by atoms with Crippen LogP contribution in [-0.4, -0.2) is 42.9 Å².